The normalized spacial score (nSPS) is 27.6. The van der Waals surface area contributed by atoms with Crippen molar-refractivity contribution in [2.45, 2.75) is 51.6 Å². The molecule has 0 aliphatic heterocycles. The Balaban J connectivity index is 1.97. The van der Waals surface area contributed by atoms with Crippen LogP contribution in [0.1, 0.15) is 45.1 Å². The predicted octanol–water partition coefficient (Wildman–Crippen LogP) is 2.93. The average Bonchev–Trinajstić information content (AvgIpc) is 2.35. The van der Waals surface area contributed by atoms with Crippen LogP contribution in [0.2, 0.25) is 0 Å². The maximum absolute atomic E-state index is 8.96. The van der Waals surface area contributed by atoms with Crippen LogP contribution in [-0.2, 0) is 0 Å². The van der Waals surface area contributed by atoms with Gasteiger partial charge in [0, 0.05) is 18.7 Å². The maximum Gasteiger partial charge on any atom is 0.0445 e. The van der Waals surface area contributed by atoms with Gasteiger partial charge in [0.2, 0.25) is 0 Å². The first kappa shape index (κ1) is 13.6. The molecule has 2 nitrogen and oxygen atoms in total. The highest BCUT2D eigenvalue weighted by molar-refractivity contribution is 5.27. The van der Waals surface area contributed by atoms with Gasteiger partial charge in [-0.15, -0.1) is 0 Å². The zero-order valence-electron chi connectivity index (χ0n) is 11.7. The van der Waals surface area contributed by atoms with Crippen LogP contribution in [0.5, 0.6) is 0 Å². The second-order valence-electron chi connectivity index (χ2n) is 6.15. The van der Waals surface area contributed by atoms with E-state index >= 15 is 0 Å². The molecule has 0 heterocycles. The molecule has 100 valence electrons. The van der Waals surface area contributed by atoms with E-state index in [2.05, 4.69) is 56.4 Å². The van der Waals surface area contributed by atoms with Gasteiger partial charge in [-0.25, -0.2) is 0 Å². The zero-order valence-corrected chi connectivity index (χ0v) is 11.7. The van der Waals surface area contributed by atoms with Gasteiger partial charge >= 0.3 is 0 Å². The van der Waals surface area contributed by atoms with Crippen molar-refractivity contribution in [2.24, 2.45) is 5.41 Å². The molecule has 1 aliphatic rings. The Bertz CT molecular complexity index is 374. The van der Waals surface area contributed by atoms with Crippen molar-refractivity contribution < 1.29 is 5.11 Å². The third-order valence-corrected chi connectivity index (χ3v) is 4.52. The highest BCUT2D eigenvalue weighted by Gasteiger charge is 2.48. The van der Waals surface area contributed by atoms with Gasteiger partial charge in [0.1, 0.15) is 0 Å². The molecule has 3 unspecified atom stereocenters. The smallest absolute Gasteiger partial charge is 0.0445 e. The van der Waals surface area contributed by atoms with E-state index in [4.69, 9.17) is 5.11 Å². The van der Waals surface area contributed by atoms with Gasteiger partial charge in [-0.2, -0.15) is 0 Å². The molecule has 0 spiro atoms. The summed E-state index contributed by atoms with van der Waals surface area (Å²) in [6.07, 6.45) is 2.04. The van der Waals surface area contributed by atoms with E-state index in [1.54, 1.807) is 0 Å². The van der Waals surface area contributed by atoms with Crippen molar-refractivity contribution in [1.82, 2.24) is 5.32 Å². The van der Waals surface area contributed by atoms with E-state index in [0.717, 1.165) is 6.42 Å². The number of aliphatic hydroxyl groups excluding tert-OH is 1. The fourth-order valence-electron chi connectivity index (χ4n) is 3.08. The highest BCUT2D eigenvalue weighted by atomic mass is 16.3. The monoisotopic (exact) mass is 247 g/mol. The first-order valence-corrected chi connectivity index (χ1v) is 6.97. The van der Waals surface area contributed by atoms with Crippen LogP contribution in [-0.4, -0.2) is 23.8 Å². The first-order chi connectivity index (χ1) is 8.55. The molecule has 2 N–H and O–H groups in total. The summed E-state index contributed by atoms with van der Waals surface area (Å²) >= 11 is 0. The molecule has 3 atom stereocenters. The molecule has 18 heavy (non-hydrogen) atoms. The second kappa shape index (κ2) is 5.41. The van der Waals surface area contributed by atoms with Crippen LogP contribution in [0, 0.1) is 5.41 Å². The van der Waals surface area contributed by atoms with E-state index in [-0.39, 0.29) is 6.61 Å². The van der Waals surface area contributed by atoms with Gasteiger partial charge in [-0.05, 0) is 36.7 Å². The molecule has 2 heteroatoms. The lowest BCUT2D eigenvalue weighted by molar-refractivity contribution is 0.0587. The number of benzene rings is 1. The summed E-state index contributed by atoms with van der Waals surface area (Å²) in [5, 5.41) is 12.6. The van der Waals surface area contributed by atoms with Gasteiger partial charge in [0.25, 0.3) is 0 Å². The summed E-state index contributed by atoms with van der Waals surface area (Å²) in [6, 6.07) is 11.8. The van der Waals surface area contributed by atoms with E-state index in [0.29, 0.717) is 23.4 Å². The number of rotatable bonds is 5. The summed E-state index contributed by atoms with van der Waals surface area (Å²) in [5.74, 6) is 0.650. The third kappa shape index (κ3) is 2.60. The van der Waals surface area contributed by atoms with Gasteiger partial charge in [-0.3, -0.25) is 0 Å². The Labute approximate surface area is 110 Å². The van der Waals surface area contributed by atoms with Gasteiger partial charge < -0.3 is 10.4 Å². The standard InChI is InChI=1S/C16H25NO/c1-12(9-10-18)17-15-11-14(16(15,2)3)13-7-5-4-6-8-13/h4-8,12,14-15,17-18H,9-11H2,1-3H3. The molecule has 1 aromatic rings. The minimum Gasteiger partial charge on any atom is -0.396 e. The van der Waals surface area contributed by atoms with Crippen LogP contribution in [0.3, 0.4) is 0 Å². The summed E-state index contributed by atoms with van der Waals surface area (Å²) in [4.78, 5) is 0. The number of aliphatic hydroxyl groups is 1. The molecule has 1 aromatic carbocycles. The number of hydrogen-bond donors (Lipinski definition) is 2. The molecule has 0 radical (unpaired) electrons. The molecule has 0 bridgehead atoms. The SMILES string of the molecule is CC(CCO)NC1CC(c2ccccc2)C1(C)C. The quantitative estimate of drug-likeness (QED) is 0.838. The molecule has 1 saturated carbocycles. The molecular weight excluding hydrogens is 222 g/mol. The molecule has 2 rings (SSSR count). The average molecular weight is 247 g/mol. The summed E-state index contributed by atoms with van der Waals surface area (Å²) in [7, 11) is 0. The lowest BCUT2D eigenvalue weighted by Gasteiger charge is -2.54. The van der Waals surface area contributed by atoms with Gasteiger partial charge in [0.05, 0.1) is 0 Å². The zero-order chi connectivity index (χ0) is 13.2. The van der Waals surface area contributed by atoms with Crippen LogP contribution < -0.4 is 5.32 Å². The largest absolute Gasteiger partial charge is 0.396 e. The first-order valence-electron chi connectivity index (χ1n) is 6.97. The Hall–Kier alpha value is -0.860. The van der Waals surface area contributed by atoms with Crippen molar-refractivity contribution >= 4 is 0 Å². The molecule has 0 amide bonds. The Morgan fingerprint density at radius 1 is 1.33 bits per heavy atom. The minimum atomic E-state index is 0.267. The van der Waals surface area contributed by atoms with Crippen LogP contribution in [0.4, 0.5) is 0 Å². The molecule has 1 fully saturated rings. The number of nitrogens with one attached hydrogen (secondary N) is 1. The van der Waals surface area contributed by atoms with Crippen LogP contribution in [0.15, 0.2) is 30.3 Å². The lowest BCUT2D eigenvalue weighted by Crippen LogP contribution is -2.57. The molecule has 0 aromatic heterocycles. The third-order valence-electron chi connectivity index (χ3n) is 4.52. The predicted molar refractivity (Wildman–Crippen MR) is 75.7 cm³/mol. The topological polar surface area (TPSA) is 32.3 Å². The maximum atomic E-state index is 8.96. The fourth-order valence-corrected chi connectivity index (χ4v) is 3.08. The van der Waals surface area contributed by atoms with Gasteiger partial charge in [0.15, 0.2) is 0 Å². The molecular formula is C16H25NO. The van der Waals surface area contributed by atoms with Crippen molar-refractivity contribution in [3.05, 3.63) is 35.9 Å². The van der Waals surface area contributed by atoms with Crippen LogP contribution in [0.25, 0.3) is 0 Å². The van der Waals surface area contributed by atoms with E-state index in [9.17, 15) is 0 Å². The number of hydrogen-bond acceptors (Lipinski definition) is 2. The second-order valence-corrected chi connectivity index (χ2v) is 6.15. The van der Waals surface area contributed by atoms with E-state index < -0.39 is 0 Å². The van der Waals surface area contributed by atoms with Crippen molar-refractivity contribution in [3.63, 3.8) is 0 Å². The van der Waals surface area contributed by atoms with Crippen molar-refractivity contribution in [3.8, 4) is 0 Å². The Kier molecular flexibility index (Phi) is 4.08. The Morgan fingerprint density at radius 3 is 2.56 bits per heavy atom. The Morgan fingerprint density at radius 2 is 2.00 bits per heavy atom. The molecule has 0 saturated heterocycles. The highest BCUT2D eigenvalue weighted by Crippen LogP contribution is 2.52. The summed E-state index contributed by atoms with van der Waals surface area (Å²) in [6.45, 7) is 7.11. The molecule has 1 aliphatic carbocycles. The van der Waals surface area contributed by atoms with Gasteiger partial charge in [-0.1, -0.05) is 44.2 Å². The summed E-state index contributed by atoms with van der Waals surface area (Å²) < 4.78 is 0. The van der Waals surface area contributed by atoms with Crippen molar-refractivity contribution in [1.29, 1.82) is 0 Å². The van der Waals surface area contributed by atoms with Crippen LogP contribution >= 0.6 is 0 Å². The lowest BCUT2D eigenvalue weighted by atomic mass is 9.56. The van der Waals surface area contributed by atoms with Crippen molar-refractivity contribution in [2.75, 3.05) is 6.61 Å². The van der Waals surface area contributed by atoms with E-state index in [1.165, 1.54) is 12.0 Å². The van der Waals surface area contributed by atoms with E-state index in [1.807, 2.05) is 0 Å². The minimum absolute atomic E-state index is 0.267. The summed E-state index contributed by atoms with van der Waals surface area (Å²) in [5.41, 5.74) is 1.75. The fraction of sp³-hybridized carbons (Fsp3) is 0.625.